The highest BCUT2D eigenvalue weighted by molar-refractivity contribution is 7.98. The van der Waals surface area contributed by atoms with Gasteiger partial charge >= 0.3 is 5.63 Å². The van der Waals surface area contributed by atoms with Crippen LogP contribution in [0, 0.1) is 6.92 Å². The molecule has 35 heavy (non-hydrogen) atoms. The summed E-state index contributed by atoms with van der Waals surface area (Å²) in [5, 5.41) is 12.9. The molecule has 0 atom stereocenters. The third kappa shape index (κ3) is 4.04. The Balaban J connectivity index is 1.42. The lowest BCUT2D eigenvalue weighted by Gasteiger charge is -2.11. The van der Waals surface area contributed by atoms with E-state index in [9.17, 15) is 4.79 Å². The van der Waals surface area contributed by atoms with Gasteiger partial charge in [-0.1, -0.05) is 72.4 Å². The molecule has 0 aliphatic carbocycles. The molecular weight excluding hydrogens is 458 g/mol. The minimum absolute atomic E-state index is 0.358. The Morgan fingerprint density at radius 3 is 2.60 bits per heavy atom. The number of aryl methyl sites for hydroxylation is 1. The molecule has 172 valence electrons. The minimum atomic E-state index is -0.358. The standard InChI is InChI=1S/C28H21N3O3S/c1-18-22(13-14-33-18)27-29-30-28(31(27)16-19-7-3-2-4-8-19)35-17-21-15-25(32)34-24-12-11-20-9-5-6-10-23(20)26(21)24/h2-15H,16-17H2,1H3. The molecule has 0 unspecified atom stereocenters. The van der Waals surface area contributed by atoms with Crippen molar-refractivity contribution in [3.05, 3.63) is 112 Å². The van der Waals surface area contributed by atoms with Gasteiger partial charge in [0, 0.05) is 17.2 Å². The van der Waals surface area contributed by atoms with E-state index in [-0.39, 0.29) is 5.63 Å². The minimum Gasteiger partial charge on any atom is -0.469 e. The fourth-order valence-electron chi connectivity index (χ4n) is 4.40. The number of hydrogen-bond acceptors (Lipinski definition) is 6. The number of thioether (sulfide) groups is 1. The summed E-state index contributed by atoms with van der Waals surface area (Å²) in [4.78, 5) is 12.3. The van der Waals surface area contributed by atoms with Crippen LogP contribution >= 0.6 is 11.8 Å². The number of aromatic nitrogens is 3. The van der Waals surface area contributed by atoms with Crippen molar-refractivity contribution in [2.24, 2.45) is 0 Å². The van der Waals surface area contributed by atoms with Gasteiger partial charge in [-0.2, -0.15) is 0 Å². The van der Waals surface area contributed by atoms with Gasteiger partial charge in [0.15, 0.2) is 11.0 Å². The van der Waals surface area contributed by atoms with Crippen molar-refractivity contribution >= 4 is 33.5 Å². The van der Waals surface area contributed by atoms with Gasteiger partial charge in [0.05, 0.1) is 18.4 Å². The summed E-state index contributed by atoms with van der Waals surface area (Å²) in [5.74, 6) is 2.10. The molecule has 7 heteroatoms. The van der Waals surface area contributed by atoms with Gasteiger partial charge < -0.3 is 8.83 Å². The van der Waals surface area contributed by atoms with E-state index in [2.05, 4.69) is 39.0 Å². The summed E-state index contributed by atoms with van der Waals surface area (Å²) in [6, 6.07) is 25.7. The van der Waals surface area contributed by atoms with E-state index in [0.717, 1.165) is 49.6 Å². The zero-order valence-electron chi connectivity index (χ0n) is 19.0. The smallest absolute Gasteiger partial charge is 0.336 e. The molecule has 0 bridgehead atoms. The van der Waals surface area contributed by atoms with Crippen LogP contribution < -0.4 is 5.63 Å². The molecular formula is C28H21N3O3S. The summed E-state index contributed by atoms with van der Waals surface area (Å²) < 4.78 is 13.2. The third-order valence-corrected chi connectivity index (χ3v) is 7.09. The first kappa shape index (κ1) is 21.4. The van der Waals surface area contributed by atoms with E-state index < -0.39 is 0 Å². The number of furan rings is 1. The van der Waals surface area contributed by atoms with Crippen molar-refractivity contribution in [1.29, 1.82) is 0 Å². The Morgan fingerprint density at radius 1 is 0.943 bits per heavy atom. The molecule has 6 rings (SSSR count). The van der Waals surface area contributed by atoms with Crippen LogP contribution in [0.2, 0.25) is 0 Å². The molecule has 6 nitrogen and oxygen atoms in total. The second kappa shape index (κ2) is 8.92. The van der Waals surface area contributed by atoms with Crippen LogP contribution in [-0.4, -0.2) is 14.8 Å². The number of benzene rings is 3. The molecule has 0 fully saturated rings. The van der Waals surface area contributed by atoms with Crippen molar-refractivity contribution in [3.8, 4) is 11.4 Å². The van der Waals surface area contributed by atoms with Gasteiger partial charge in [0.25, 0.3) is 0 Å². The van der Waals surface area contributed by atoms with Crippen molar-refractivity contribution in [2.75, 3.05) is 0 Å². The molecule has 6 aromatic rings. The predicted molar refractivity (Wildman–Crippen MR) is 138 cm³/mol. The Kier molecular flexibility index (Phi) is 5.47. The summed E-state index contributed by atoms with van der Waals surface area (Å²) in [7, 11) is 0. The Hall–Kier alpha value is -4.10. The molecule has 3 aromatic carbocycles. The molecule has 0 amide bonds. The van der Waals surface area contributed by atoms with Crippen LogP contribution in [-0.2, 0) is 12.3 Å². The lowest BCUT2D eigenvalue weighted by Crippen LogP contribution is -2.05. The zero-order valence-corrected chi connectivity index (χ0v) is 19.8. The highest BCUT2D eigenvalue weighted by Gasteiger charge is 2.19. The first-order chi connectivity index (χ1) is 17.2. The van der Waals surface area contributed by atoms with Crippen LogP contribution in [0.25, 0.3) is 33.1 Å². The maximum atomic E-state index is 12.3. The molecule has 0 aliphatic rings. The van der Waals surface area contributed by atoms with Crippen LogP contribution in [0.3, 0.4) is 0 Å². The van der Waals surface area contributed by atoms with Crippen LogP contribution in [0.15, 0.2) is 104 Å². The number of hydrogen-bond donors (Lipinski definition) is 0. The maximum Gasteiger partial charge on any atom is 0.336 e. The Bertz CT molecular complexity index is 1720. The molecule has 3 heterocycles. The van der Waals surface area contributed by atoms with Crippen molar-refractivity contribution in [2.45, 2.75) is 24.4 Å². The molecule has 0 saturated heterocycles. The van der Waals surface area contributed by atoms with E-state index in [0.29, 0.717) is 17.9 Å². The SMILES string of the molecule is Cc1occc1-c1nnc(SCc2cc(=O)oc3ccc4ccccc4c23)n1Cc1ccccc1. The van der Waals surface area contributed by atoms with Gasteiger partial charge in [-0.05, 0) is 41.0 Å². The van der Waals surface area contributed by atoms with Crippen molar-refractivity contribution < 1.29 is 8.83 Å². The van der Waals surface area contributed by atoms with Gasteiger partial charge in [-0.3, -0.25) is 4.57 Å². The van der Waals surface area contributed by atoms with E-state index in [1.807, 2.05) is 55.5 Å². The van der Waals surface area contributed by atoms with E-state index in [1.54, 1.807) is 24.1 Å². The topological polar surface area (TPSA) is 74.1 Å². The van der Waals surface area contributed by atoms with E-state index >= 15 is 0 Å². The van der Waals surface area contributed by atoms with Crippen molar-refractivity contribution in [3.63, 3.8) is 0 Å². The van der Waals surface area contributed by atoms with E-state index in [1.165, 1.54) is 0 Å². The normalized spacial score (nSPS) is 11.5. The van der Waals surface area contributed by atoms with Gasteiger partial charge in [-0.15, -0.1) is 10.2 Å². The molecule has 0 saturated carbocycles. The van der Waals surface area contributed by atoms with E-state index in [4.69, 9.17) is 8.83 Å². The summed E-state index contributed by atoms with van der Waals surface area (Å²) in [6.45, 7) is 2.54. The summed E-state index contributed by atoms with van der Waals surface area (Å²) >= 11 is 1.55. The summed E-state index contributed by atoms with van der Waals surface area (Å²) in [6.07, 6.45) is 1.67. The molecule has 0 radical (unpaired) electrons. The second-order valence-corrected chi connectivity index (χ2v) is 9.25. The average Bonchev–Trinajstić information content (AvgIpc) is 3.48. The maximum absolute atomic E-state index is 12.3. The highest BCUT2D eigenvalue weighted by atomic mass is 32.2. The Morgan fingerprint density at radius 2 is 1.77 bits per heavy atom. The zero-order chi connectivity index (χ0) is 23.8. The number of nitrogens with zero attached hydrogens (tertiary/aromatic N) is 3. The molecule has 3 aromatic heterocycles. The first-order valence-electron chi connectivity index (χ1n) is 11.3. The second-order valence-electron chi connectivity index (χ2n) is 8.31. The highest BCUT2D eigenvalue weighted by Crippen LogP contribution is 2.33. The monoisotopic (exact) mass is 479 g/mol. The quantitative estimate of drug-likeness (QED) is 0.155. The predicted octanol–water partition coefficient (Wildman–Crippen LogP) is 6.45. The molecule has 0 N–H and O–H groups in total. The van der Waals surface area contributed by atoms with Crippen LogP contribution in [0.4, 0.5) is 0 Å². The summed E-state index contributed by atoms with van der Waals surface area (Å²) in [5.41, 5.74) is 3.20. The van der Waals surface area contributed by atoms with Gasteiger partial charge in [0.2, 0.25) is 0 Å². The molecule has 0 spiro atoms. The lowest BCUT2D eigenvalue weighted by atomic mass is 10.0. The fourth-order valence-corrected chi connectivity index (χ4v) is 5.31. The average molecular weight is 480 g/mol. The van der Waals surface area contributed by atoms with Gasteiger partial charge in [0.1, 0.15) is 11.3 Å². The number of fused-ring (bicyclic) bond motifs is 3. The first-order valence-corrected chi connectivity index (χ1v) is 12.2. The van der Waals surface area contributed by atoms with Crippen molar-refractivity contribution in [1.82, 2.24) is 14.8 Å². The fraction of sp³-hybridized carbons (Fsp3) is 0.107. The van der Waals surface area contributed by atoms with Crippen LogP contribution in [0.1, 0.15) is 16.9 Å². The largest absolute Gasteiger partial charge is 0.469 e. The lowest BCUT2D eigenvalue weighted by molar-refractivity contribution is 0.534. The third-order valence-electron chi connectivity index (χ3n) is 6.07. The van der Waals surface area contributed by atoms with Gasteiger partial charge in [-0.25, -0.2) is 4.79 Å². The molecule has 0 aliphatic heterocycles. The Labute approximate surface area is 205 Å². The number of rotatable bonds is 6. The van der Waals surface area contributed by atoms with Crippen LogP contribution in [0.5, 0.6) is 0 Å².